The number of rotatable bonds is 9. The number of aromatic nitrogens is 2. The quantitative estimate of drug-likeness (QED) is 0.309. The Balaban J connectivity index is 1.40. The summed E-state index contributed by atoms with van der Waals surface area (Å²) in [5, 5.41) is 5.75. The van der Waals surface area contributed by atoms with Crippen molar-refractivity contribution in [2.75, 3.05) is 11.9 Å². The van der Waals surface area contributed by atoms with Crippen molar-refractivity contribution < 1.29 is 19.1 Å². The first-order valence-electron chi connectivity index (χ1n) is 10.7. The molecule has 0 spiro atoms. The number of carbonyl (C=O) groups excluding carboxylic acids is 2. The van der Waals surface area contributed by atoms with Gasteiger partial charge in [0, 0.05) is 10.9 Å². The van der Waals surface area contributed by atoms with Gasteiger partial charge in [-0.05, 0) is 26.0 Å². The fourth-order valence-electron chi connectivity index (χ4n) is 3.10. The lowest BCUT2D eigenvalue weighted by molar-refractivity contribution is -0.115. The molecular weight excluding hydrogens is 470 g/mol. The third-order valence-electron chi connectivity index (χ3n) is 4.71. The molecule has 0 atom stereocenters. The standard InChI is InChI=1S/C25H23N3O4S2/c1-3-31-24(30)23-22(17-7-5-4-6-8-17)28-25(34-23)27-20(29)13-18-15-33-21(26-18)14-32-19-11-9-16(2)10-12-19/h4-12,15H,3,13-14H2,1-2H3,(H,27,28,29). The normalized spacial score (nSPS) is 10.6. The number of hydrogen-bond acceptors (Lipinski definition) is 8. The Bertz CT molecular complexity index is 1270. The third kappa shape index (κ3) is 6.06. The fourth-order valence-corrected chi connectivity index (χ4v) is 4.71. The van der Waals surface area contributed by atoms with E-state index in [-0.39, 0.29) is 18.9 Å². The molecule has 0 aliphatic rings. The zero-order valence-electron chi connectivity index (χ0n) is 18.7. The van der Waals surface area contributed by atoms with Crippen LogP contribution in [-0.2, 0) is 22.6 Å². The molecule has 4 rings (SSSR count). The van der Waals surface area contributed by atoms with Gasteiger partial charge in [0.2, 0.25) is 5.91 Å². The average molecular weight is 494 g/mol. The van der Waals surface area contributed by atoms with Crippen LogP contribution >= 0.6 is 22.7 Å². The van der Waals surface area contributed by atoms with E-state index in [9.17, 15) is 9.59 Å². The van der Waals surface area contributed by atoms with Gasteiger partial charge in [0.15, 0.2) is 5.13 Å². The molecule has 1 amide bonds. The largest absolute Gasteiger partial charge is 0.486 e. The van der Waals surface area contributed by atoms with E-state index in [2.05, 4.69) is 15.3 Å². The molecule has 0 saturated carbocycles. The molecule has 0 saturated heterocycles. The van der Waals surface area contributed by atoms with Gasteiger partial charge in [-0.1, -0.05) is 59.4 Å². The van der Waals surface area contributed by atoms with E-state index < -0.39 is 5.97 Å². The van der Waals surface area contributed by atoms with Gasteiger partial charge in [-0.3, -0.25) is 4.79 Å². The fraction of sp³-hybridized carbons (Fsp3) is 0.200. The highest BCUT2D eigenvalue weighted by Gasteiger charge is 2.21. The van der Waals surface area contributed by atoms with Crippen molar-refractivity contribution in [1.29, 1.82) is 0 Å². The Morgan fingerprint density at radius 2 is 1.79 bits per heavy atom. The Morgan fingerprint density at radius 3 is 2.53 bits per heavy atom. The van der Waals surface area contributed by atoms with Crippen molar-refractivity contribution in [1.82, 2.24) is 9.97 Å². The molecule has 2 heterocycles. The number of esters is 1. The molecular formula is C25H23N3O4S2. The highest BCUT2D eigenvalue weighted by Crippen LogP contribution is 2.32. The molecule has 0 unspecified atom stereocenters. The van der Waals surface area contributed by atoms with Crippen molar-refractivity contribution >= 4 is 39.7 Å². The summed E-state index contributed by atoms with van der Waals surface area (Å²) in [6.07, 6.45) is 0.0933. The van der Waals surface area contributed by atoms with Crippen LogP contribution in [0.5, 0.6) is 5.75 Å². The first-order valence-corrected chi connectivity index (χ1v) is 12.4. The third-order valence-corrected chi connectivity index (χ3v) is 6.53. The van der Waals surface area contributed by atoms with Crippen LogP contribution in [0, 0.1) is 6.92 Å². The monoisotopic (exact) mass is 493 g/mol. The minimum Gasteiger partial charge on any atom is -0.486 e. The van der Waals surface area contributed by atoms with Crippen LogP contribution in [0.15, 0.2) is 60.0 Å². The number of amides is 1. The van der Waals surface area contributed by atoms with Gasteiger partial charge in [-0.25, -0.2) is 14.8 Å². The maximum atomic E-state index is 12.6. The average Bonchev–Trinajstić information content (AvgIpc) is 3.46. The molecule has 0 radical (unpaired) electrons. The number of aryl methyl sites for hydroxylation is 1. The second-order valence-corrected chi connectivity index (χ2v) is 9.28. The van der Waals surface area contributed by atoms with E-state index in [1.165, 1.54) is 16.9 Å². The van der Waals surface area contributed by atoms with E-state index in [1.807, 2.05) is 66.9 Å². The molecule has 0 fully saturated rings. The van der Waals surface area contributed by atoms with Crippen LogP contribution in [0.4, 0.5) is 5.13 Å². The van der Waals surface area contributed by atoms with E-state index >= 15 is 0 Å². The lowest BCUT2D eigenvalue weighted by Gasteiger charge is -2.03. The summed E-state index contributed by atoms with van der Waals surface area (Å²) in [6.45, 7) is 4.36. The van der Waals surface area contributed by atoms with Gasteiger partial charge in [0.05, 0.1) is 24.4 Å². The second kappa shape index (κ2) is 11.0. The summed E-state index contributed by atoms with van der Waals surface area (Å²) in [7, 11) is 0. The van der Waals surface area contributed by atoms with Crippen LogP contribution < -0.4 is 10.1 Å². The molecule has 34 heavy (non-hydrogen) atoms. The second-order valence-electron chi connectivity index (χ2n) is 7.34. The zero-order chi connectivity index (χ0) is 23.9. The number of carbonyl (C=O) groups is 2. The Kier molecular flexibility index (Phi) is 7.66. The molecule has 4 aromatic rings. The summed E-state index contributed by atoms with van der Waals surface area (Å²) in [6, 6.07) is 17.1. The van der Waals surface area contributed by atoms with Crippen LogP contribution in [-0.4, -0.2) is 28.5 Å². The van der Waals surface area contributed by atoms with Crippen LogP contribution in [0.3, 0.4) is 0 Å². The Labute approximate surface area is 205 Å². The summed E-state index contributed by atoms with van der Waals surface area (Å²) >= 11 is 2.54. The highest BCUT2D eigenvalue weighted by molar-refractivity contribution is 7.18. The highest BCUT2D eigenvalue weighted by atomic mass is 32.1. The minimum absolute atomic E-state index is 0.0933. The summed E-state index contributed by atoms with van der Waals surface area (Å²) < 4.78 is 10.9. The van der Waals surface area contributed by atoms with E-state index in [4.69, 9.17) is 9.47 Å². The zero-order valence-corrected chi connectivity index (χ0v) is 20.4. The van der Waals surface area contributed by atoms with E-state index in [1.54, 1.807) is 6.92 Å². The maximum absolute atomic E-state index is 12.6. The van der Waals surface area contributed by atoms with Crippen LogP contribution in [0.2, 0.25) is 0 Å². The van der Waals surface area contributed by atoms with Gasteiger partial charge in [-0.15, -0.1) is 11.3 Å². The van der Waals surface area contributed by atoms with Gasteiger partial charge in [0.25, 0.3) is 0 Å². The SMILES string of the molecule is CCOC(=O)c1sc(NC(=O)Cc2csc(COc3ccc(C)cc3)n2)nc1-c1ccccc1. The molecule has 9 heteroatoms. The number of hydrogen-bond donors (Lipinski definition) is 1. The molecule has 174 valence electrons. The van der Waals surface area contributed by atoms with Gasteiger partial charge < -0.3 is 14.8 Å². The predicted molar refractivity (Wildman–Crippen MR) is 133 cm³/mol. The van der Waals surface area contributed by atoms with Crippen molar-refractivity contribution in [3.63, 3.8) is 0 Å². The number of nitrogens with one attached hydrogen (secondary N) is 1. The molecule has 1 N–H and O–H groups in total. The van der Waals surface area contributed by atoms with Crippen molar-refractivity contribution in [2.24, 2.45) is 0 Å². The van der Waals surface area contributed by atoms with Gasteiger partial charge in [-0.2, -0.15) is 0 Å². The lowest BCUT2D eigenvalue weighted by atomic mass is 10.1. The maximum Gasteiger partial charge on any atom is 0.350 e. The predicted octanol–water partition coefficient (Wildman–Crippen LogP) is 5.51. The molecule has 0 bridgehead atoms. The Morgan fingerprint density at radius 1 is 1.03 bits per heavy atom. The van der Waals surface area contributed by atoms with E-state index in [0.29, 0.717) is 28.0 Å². The number of ether oxygens (including phenoxy) is 2. The summed E-state index contributed by atoms with van der Waals surface area (Å²) in [4.78, 5) is 34.4. The first kappa shape index (κ1) is 23.6. The number of anilines is 1. The summed E-state index contributed by atoms with van der Waals surface area (Å²) in [5.41, 5.74) is 3.08. The van der Waals surface area contributed by atoms with Crippen molar-refractivity contribution in [3.05, 3.63) is 81.1 Å². The molecule has 0 aliphatic heterocycles. The molecule has 2 aromatic carbocycles. The topological polar surface area (TPSA) is 90.4 Å². The van der Waals surface area contributed by atoms with E-state index in [0.717, 1.165) is 27.7 Å². The first-order chi connectivity index (χ1) is 16.5. The van der Waals surface area contributed by atoms with Crippen LogP contribution in [0.1, 0.15) is 32.9 Å². The number of benzene rings is 2. The van der Waals surface area contributed by atoms with Gasteiger partial charge in [0.1, 0.15) is 22.2 Å². The van der Waals surface area contributed by atoms with Crippen molar-refractivity contribution in [3.8, 4) is 17.0 Å². The summed E-state index contributed by atoms with van der Waals surface area (Å²) in [5.74, 6) is 0.0487. The number of nitrogens with zero attached hydrogens (tertiary/aromatic N) is 2. The lowest BCUT2D eigenvalue weighted by Crippen LogP contribution is -2.14. The minimum atomic E-state index is -0.461. The number of thiazole rings is 2. The molecule has 7 nitrogen and oxygen atoms in total. The van der Waals surface area contributed by atoms with Gasteiger partial charge >= 0.3 is 5.97 Å². The molecule has 2 aromatic heterocycles. The Hall–Kier alpha value is -3.56. The van der Waals surface area contributed by atoms with Crippen LogP contribution in [0.25, 0.3) is 11.3 Å². The van der Waals surface area contributed by atoms with Crippen molar-refractivity contribution in [2.45, 2.75) is 26.9 Å². The molecule has 0 aliphatic carbocycles. The smallest absolute Gasteiger partial charge is 0.350 e.